The molecule has 6 heteroatoms. The number of hydrogen-bond acceptors (Lipinski definition) is 3. The Labute approximate surface area is 116 Å². The van der Waals surface area contributed by atoms with Gasteiger partial charge in [-0.2, -0.15) is 0 Å². The summed E-state index contributed by atoms with van der Waals surface area (Å²) in [6.07, 6.45) is 2.15. The monoisotopic (exact) mass is 282 g/mol. The summed E-state index contributed by atoms with van der Waals surface area (Å²) in [6.45, 7) is 3.86. The van der Waals surface area contributed by atoms with Crippen LogP contribution in [-0.2, 0) is 0 Å². The molecule has 2 rings (SSSR count). The lowest BCUT2D eigenvalue weighted by atomic mass is 9.98. The number of benzene rings is 1. The SMILES string of the molecule is CC(C)(NC(=O)c1cccc(Cl)c1[N+](=O)[O-])C1CC1. The number of para-hydroxylation sites is 1. The third-order valence-electron chi connectivity index (χ3n) is 3.45. The first-order valence-corrected chi connectivity index (χ1v) is 6.46. The maximum Gasteiger partial charge on any atom is 0.300 e. The smallest absolute Gasteiger partial charge is 0.300 e. The van der Waals surface area contributed by atoms with E-state index in [-0.39, 0.29) is 21.8 Å². The Bertz CT molecular complexity index is 539. The number of carbonyl (C=O) groups is 1. The van der Waals surface area contributed by atoms with Gasteiger partial charge in [-0.25, -0.2) is 0 Å². The van der Waals surface area contributed by atoms with E-state index in [1.807, 2.05) is 13.8 Å². The molecule has 0 aromatic heterocycles. The molecule has 102 valence electrons. The number of rotatable bonds is 4. The number of hydrogen-bond donors (Lipinski definition) is 1. The van der Waals surface area contributed by atoms with E-state index in [1.54, 1.807) is 0 Å². The minimum Gasteiger partial charge on any atom is -0.347 e. The van der Waals surface area contributed by atoms with Crippen LogP contribution in [0.3, 0.4) is 0 Å². The van der Waals surface area contributed by atoms with Crippen molar-refractivity contribution in [2.75, 3.05) is 0 Å². The molecule has 1 N–H and O–H groups in total. The van der Waals surface area contributed by atoms with Gasteiger partial charge in [-0.1, -0.05) is 17.7 Å². The summed E-state index contributed by atoms with van der Waals surface area (Å²) in [5.41, 5.74) is -0.688. The highest BCUT2D eigenvalue weighted by molar-refractivity contribution is 6.33. The Morgan fingerprint density at radius 3 is 2.63 bits per heavy atom. The molecule has 1 fully saturated rings. The first kappa shape index (κ1) is 13.8. The molecule has 0 saturated heterocycles. The van der Waals surface area contributed by atoms with Crippen molar-refractivity contribution in [3.8, 4) is 0 Å². The maximum absolute atomic E-state index is 12.2. The second-order valence-electron chi connectivity index (χ2n) is 5.34. The second kappa shape index (κ2) is 4.81. The van der Waals surface area contributed by atoms with Gasteiger partial charge in [-0.3, -0.25) is 14.9 Å². The van der Waals surface area contributed by atoms with Crippen LogP contribution in [0.5, 0.6) is 0 Å². The molecule has 0 spiro atoms. The molecule has 1 saturated carbocycles. The van der Waals surface area contributed by atoms with E-state index in [0.717, 1.165) is 12.8 Å². The zero-order chi connectivity index (χ0) is 14.2. The number of carbonyl (C=O) groups excluding carboxylic acids is 1. The third kappa shape index (κ3) is 2.87. The maximum atomic E-state index is 12.2. The molecule has 0 heterocycles. The molecule has 1 aliphatic carbocycles. The molecule has 1 aromatic carbocycles. The van der Waals surface area contributed by atoms with Gasteiger partial charge in [0.1, 0.15) is 10.6 Å². The van der Waals surface area contributed by atoms with Crippen LogP contribution in [0.4, 0.5) is 5.69 Å². The van der Waals surface area contributed by atoms with Gasteiger partial charge < -0.3 is 5.32 Å². The van der Waals surface area contributed by atoms with Crippen molar-refractivity contribution in [1.29, 1.82) is 0 Å². The predicted octanol–water partition coefficient (Wildman–Crippen LogP) is 3.17. The van der Waals surface area contributed by atoms with Gasteiger partial charge in [-0.15, -0.1) is 0 Å². The van der Waals surface area contributed by atoms with Crippen molar-refractivity contribution in [2.24, 2.45) is 5.92 Å². The molecule has 0 unspecified atom stereocenters. The van der Waals surface area contributed by atoms with E-state index in [9.17, 15) is 14.9 Å². The normalized spacial score (nSPS) is 15.1. The van der Waals surface area contributed by atoms with Crippen molar-refractivity contribution in [3.05, 3.63) is 38.9 Å². The highest BCUT2D eigenvalue weighted by Crippen LogP contribution is 2.39. The van der Waals surface area contributed by atoms with E-state index in [0.29, 0.717) is 5.92 Å². The molecule has 19 heavy (non-hydrogen) atoms. The lowest BCUT2D eigenvalue weighted by Gasteiger charge is -2.26. The highest BCUT2D eigenvalue weighted by Gasteiger charge is 2.39. The molecule has 1 aromatic rings. The summed E-state index contributed by atoms with van der Waals surface area (Å²) < 4.78 is 0. The number of nitro groups is 1. The van der Waals surface area contributed by atoms with E-state index in [4.69, 9.17) is 11.6 Å². The summed E-state index contributed by atoms with van der Waals surface area (Å²) >= 11 is 5.79. The molecule has 1 amide bonds. The number of amides is 1. The van der Waals surface area contributed by atoms with Gasteiger partial charge in [0, 0.05) is 5.54 Å². The molecule has 0 atom stereocenters. The standard InChI is InChI=1S/C13H15ClN2O3/c1-13(2,8-6-7-8)15-12(17)9-4-3-5-10(14)11(9)16(18)19/h3-5,8H,6-7H2,1-2H3,(H,15,17). The number of halogens is 1. The van der Waals surface area contributed by atoms with E-state index in [1.165, 1.54) is 18.2 Å². The molecular weight excluding hydrogens is 268 g/mol. The quantitative estimate of drug-likeness (QED) is 0.681. The zero-order valence-corrected chi connectivity index (χ0v) is 11.5. The number of nitrogens with zero attached hydrogens (tertiary/aromatic N) is 1. The number of nitrogens with one attached hydrogen (secondary N) is 1. The van der Waals surface area contributed by atoms with Gasteiger partial charge in [0.15, 0.2) is 0 Å². The van der Waals surface area contributed by atoms with Gasteiger partial charge in [-0.05, 0) is 44.7 Å². The van der Waals surface area contributed by atoms with Crippen molar-refractivity contribution < 1.29 is 9.72 Å². The first-order chi connectivity index (χ1) is 8.83. The lowest BCUT2D eigenvalue weighted by molar-refractivity contribution is -0.385. The average Bonchev–Trinajstić information content (AvgIpc) is 3.11. The Balaban J connectivity index is 2.29. The van der Waals surface area contributed by atoms with Crippen LogP contribution in [0, 0.1) is 16.0 Å². The van der Waals surface area contributed by atoms with Crippen LogP contribution in [0.1, 0.15) is 37.0 Å². The fourth-order valence-electron chi connectivity index (χ4n) is 2.15. The molecule has 0 aliphatic heterocycles. The van der Waals surface area contributed by atoms with Gasteiger partial charge in [0.2, 0.25) is 0 Å². The lowest BCUT2D eigenvalue weighted by Crippen LogP contribution is -2.45. The average molecular weight is 283 g/mol. The largest absolute Gasteiger partial charge is 0.347 e. The molecule has 5 nitrogen and oxygen atoms in total. The summed E-state index contributed by atoms with van der Waals surface area (Å²) in [6, 6.07) is 4.36. The van der Waals surface area contributed by atoms with Crippen LogP contribution in [-0.4, -0.2) is 16.4 Å². The molecular formula is C13H15ClN2O3. The Morgan fingerprint density at radius 1 is 1.47 bits per heavy atom. The van der Waals surface area contributed by atoms with Crippen LogP contribution in [0.25, 0.3) is 0 Å². The zero-order valence-electron chi connectivity index (χ0n) is 10.8. The topological polar surface area (TPSA) is 72.2 Å². The molecule has 0 bridgehead atoms. The summed E-state index contributed by atoms with van der Waals surface area (Å²) in [7, 11) is 0. The fraction of sp³-hybridized carbons (Fsp3) is 0.462. The first-order valence-electron chi connectivity index (χ1n) is 6.08. The number of nitro benzene ring substituents is 1. The van der Waals surface area contributed by atoms with E-state index < -0.39 is 10.8 Å². The Morgan fingerprint density at radius 2 is 2.11 bits per heavy atom. The molecule has 0 radical (unpaired) electrons. The summed E-state index contributed by atoms with van der Waals surface area (Å²) in [5.74, 6) is -0.0132. The Kier molecular flexibility index (Phi) is 3.49. The second-order valence-corrected chi connectivity index (χ2v) is 5.75. The summed E-state index contributed by atoms with van der Waals surface area (Å²) in [4.78, 5) is 22.6. The predicted molar refractivity (Wildman–Crippen MR) is 72.4 cm³/mol. The fourth-order valence-corrected chi connectivity index (χ4v) is 2.39. The third-order valence-corrected chi connectivity index (χ3v) is 3.75. The minimum atomic E-state index is -0.624. The van der Waals surface area contributed by atoms with Crippen LogP contribution in [0.15, 0.2) is 18.2 Å². The van der Waals surface area contributed by atoms with E-state index >= 15 is 0 Å². The van der Waals surface area contributed by atoms with Crippen molar-refractivity contribution in [1.82, 2.24) is 5.32 Å². The molecule has 1 aliphatic rings. The van der Waals surface area contributed by atoms with Crippen LogP contribution in [0.2, 0.25) is 5.02 Å². The van der Waals surface area contributed by atoms with Crippen molar-refractivity contribution >= 4 is 23.2 Å². The highest BCUT2D eigenvalue weighted by atomic mass is 35.5. The summed E-state index contributed by atoms with van der Waals surface area (Å²) in [5, 5.41) is 13.8. The van der Waals surface area contributed by atoms with Crippen molar-refractivity contribution in [3.63, 3.8) is 0 Å². The van der Waals surface area contributed by atoms with Crippen LogP contribution < -0.4 is 5.32 Å². The Hall–Kier alpha value is -1.62. The van der Waals surface area contributed by atoms with Crippen molar-refractivity contribution in [2.45, 2.75) is 32.2 Å². The van der Waals surface area contributed by atoms with Gasteiger partial charge >= 0.3 is 5.69 Å². The van der Waals surface area contributed by atoms with Gasteiger partial charge in [0.05, 0.1) is 4.92 Å². The minimum absolute atomic E-state index is 0.00576. The van der Waals surface area contributed by atoms with Crippen LogP contribution >= 0.6 is 11.6 Å². The van der Waals surface area contributed by atoms with E-state index in [2.05, 4.69) is 5.32 Å². The van der Waals surface area contributed by atoms with Gasteiger partial charge in [0.25, 0.3) is 5.91 Å².